The molecule has 6 nitrogen and oxygen atoms in total. The number of hydrogen-bond acceptors (Lipinski definition) is 5. The Bertz CT molecular complexity index is 1680. The summed E-state index contributed by atoms with van der Waals surface area (Å²) in [4.78, 5) is 32.4. The highest BCUT2D eigenvalue weighted by Gasteiger charge is 2.34. The van der Waals surface area contributed by atoms with Crippen LogP contribution in [0.3, 0.4) is 0 Å². The quantitative estimate of drug-likeness (QED) is 0.437. The molecule has 1 atom stereocenters. The normalized spacial score (nSPS) is 15.7. The summed E-state index contributed by atoms with van der Waals surface area (Å²) in [6.07, 6.45) is 1.75. The predicted molar refractivity (Wildman–Crippen MR) is 138 cm³/mol. The van der Waals surface area contributed by atoms with E-state index in [1.54, 1.807) is 25.1 Å². The maximum Gasteiger partial charge on any atom is 0.271 e. The molecule has 1 aliphatic heterocycles. The molecule has 176 valence electrons. The monoisotopic (exact) mass is 503 g/mol. The SMILES string of the molecule is CC1=C(C(=O)Nc2ccccc2C)C(c2ccc(C)o2)n2c(sc(=Cc3ccccc3Cl)c2=O)=N1. The summed E-state index contributed by atoms with van der Waals surface area (Å²) in [5, 5.41) is 3.53. The smallest absolute Gasteiger partial charge is 0.271 e. The number of benzene rings is 2. The molecule has 1 N–H and O–H groups in total. The Morgan fingerprint density at radius 1 is 1.09 bits per heavy atom. The second-order valence-corrected chi connectivity index (χ2v) is 9.74. The molecule has 0 saturated heterocycles. The lowest BCUT2D eigenvalue weighted by Gasteiger charge is -2.23. The molecule has 0 spiro atoms. The van der Waals surface area contributed by atoms with Gasteiger partial charge >= 0.3 is 0 Å². The Labute approximate surface area is 210 Å². The Morgan fingerprint density at radius 2 is 1.83 bits per heavy atom. The van der Waals surface area contributed by atoms with Crippen molar-refractivity contribution in [2.45, 2.75) is 26.8 Å². The van der Waals surface area contributed by atoms with Crippen LogP contribution < -0.4 is 20.2 Å². The van der Waals surface area contributed by atoms with Crippen molar-refractivity contribution in [2.75, 3.05) is 5.32 Å². The van der Waals surface area contributed by atoms with E-state index in [0.29, 0.717) is 42.8 Å². The van der Waals surface area contributed by atoms with Crippen molar-refractivity contribution >= 4 is 40.6 Å². The Morgan fingerprint density at radius 3 is 2.54 bits per heavy atom. The molecule has 2 aromatic heterocycles. The topological polar surface area (TPSA) is 76.6 Å². The lowest BCUT2D eigenvalue weighted by Crippen LogP contribution is -2.40. The van der Waals surface area contributed by atoms with E-state index in [4.69, 9.17) is 16.0 Å². The summed E-state index contributed by atoms with van der Waals surface area (Å²) in [6.45, 7) is 5.53. The van der Waals surface area contributed by atoms with Crippen LogP contribution in [0.5, 0.6) is 0 Å². The van der Waals surface area contributed by atoms with Gasteiger partial charge in [0.1, 0.15) is 17.6 Å². The molecule has 0 bridgehead atoms. The molecule has 1 amide bonds. The van der Waals surface area contributed by atoms with Crippen molar-refractivity contribution in [1.29, 1.82) is 0 Å². The number of anilines is 1. The second-order valence-electron chi connectivity index (χ2n) is 8.32. The predicted octanol–water partition coefficient (Wildman–Crippen LogP) is 4.74. The van der Waals surface area contributed by atoms with Crippen LogP contribution >= 0.6 is 22.9 Å². The Hall–Kier alpha value is -3.68. The Kier molecular flexibility index (Phi) is 6.05. The van der Waals surface area contributed by atoms with E-state index in [2.05, 4.69) is 10.3 Å². The average Bonchev–Trinajstić information content (AvgIpc) is 3.39. The minimum atomic E-state index is -0.752. The van der Waals surface area contributed by atoms with Crippen LogP contribution in [0.1, 0.15) is 35.6 Å². The van der Waals surface area contributed by atoms with Gasteiger partial charge < -0.3 is 9.73 Å². The van der Waals surface area contributed by atoms with Crippen LogP contribution in [0.25, 0.3) is 6.08 Å². The number of hydrogen-bond donors (Lipinski definition) is 1. The highest BCUT2D eigenvalue weighted by Crippen LogP contribution is 2.32. The number of fused-ring (bicyclic) bond motifs is 1. The number of aromatic nitrogens is 1. The number of halogens is 1. The van der Waals surface area contributed by atoms with E-state index < -0.39 is 6.04 Å². The molecular weight excluding hydrogens is 482 g/mol. The molecule has 2 aromatic carbocycles. The van der Waals surface area contributed by atoms with E-state index in [0.717, 1.165) is 11.1 Å². The van der Waals surface area contributed by atoms with Gasteiger partial charge in [-0.25, -0.2) is 4.99 Å². The van der Waals surface area contributed by atoms with Crippen LogP contribution in [0, 0.1) is 13.8 Å². The summed E-state index contributed by atoms with van der Waals surface area (Å²) in [6, 6.07) is 17.7. The van der Waals surface area contributed by atoms with Gasteiger partial charge in [-0.05, 0) is 62.2 Å². The lowest BCUT2D eigenvalue weighted by molar-refractivity contribution is -0.113. The van der Waals surface area contributed by atoms with Gasteiger partial charge in [-0.15, -0.1) is 0 Å². The van der Waals surface area contributed by atoms with Gasteiger partial charge in [0.05, 0.1) is 15.8 Å². The molecule has 8 heteroatoms. The first-order chi connectivity index (χ1) is 16.8. The number of para-hydroxylation sites is 1. The third-order valence-corrected chi connectivity index (χ3v) is 7.21. The van der Waals surface area contributed by atoms with Crippen LogP contribution in [0.4, 0.5) is 5.69 Å². The number of aryl methyl sites for hydroxylation is 2. The van der Waals surface area contributed by atoms with Crippen LogP contribution in [-0.4, -0.2) is 10.5 Å². The number of carbonyl (C=O) groups excluding carboxylic acids is 1. The number of rotatable bonds is 4. The average molecular weight is 504 g/mol. The van der Waals surface area contributed by atoms with Crippen molar-refractivity contribution in [1.82, 2.24) is 4.57 Å². The number of furan rings is 1. The minimum absolute atomic E-state index is 0.263. The summed E-state index contributed by atoms with van der Waals surface area (Å²) in [5.74, 6) is 0.851. The molecule has 3 heterocycles. The zero-order valence-electron chi connectivity index (χ0n) is 19.3. The summed E-state index contributed by atoms with van der Waals surface area (Å²) < 4.78 is 7.95. The fourth-order valence-electron chi connectivity index (χ4n) is 4.12. The number of amides is 1. The van der Waals surface area contributed by atoms with E-state index in [1.807, 2.05) is 62.4 Å². The number of carbonyl (C=O) groups is 1. The van der Waals surface area contributed by atoms with E-state index in [9.17, 15) is 9.59 Å². The standard InChI is InChI=1S/C27H22ClN3O3S/c1-15-8-4-7-11-20(15)30-25(32)23-17(3)29-27-31(24(23)21-13-12-16(2)34-21)26(33)22(35-27)14-18-9-5-6-10-19(18)28/h4-14,24H,1-3H3,(H,30,32). The van der Waals surface area contributed by atoms with Gasteiger partial charge in [0.2, 0.25) is 0 Å². The van der Waals surface area contributed by atoms with Crippen molar-refractivity contribution < 1.29 is 9.21 Å². The molecule has 0 radical (unpaired) electrons. The second kappa shape index (κ2) is 9.17. The largest absolute Gasteiger partial charge is 0.464 e. The van der Waals surface area contributed by atoms with Gasteiger partial charge in [-0.1, -0.05) is 59.3 Å². The molecule has 5 rings (SSSR count). The zero-order chi connectivity index (χ0) is 24.7. The third-order valence-electron chi connectivity index (χ3n) is 5.88. The first kappa shape index (κ1) is 23.1. The molecular formula is C27H22ClN3O3S. The first-order valence-electron chi connectivity index (χ1n) is 11.0. The summed E-state index contributed by atoms with van der Waals surface area (Å²) in [7, 11) is 0. The van der Waals surface area contributed by atoms with Crippen LogP contribution in [0.2, 0.25) is 5.02 Å². The lowest BCUT2D eigenvalue weighted by atomic mass is 10.00. The van der Waals surface area contributed by atoms with Gasteiger partial charge in [0.15, 0.2) is 4.80 Å². The molecule has 0 saturated carbocycles. The van der Waals surface area contributed by atoms with Gasteiger partial charge in [-0.2, -0.15) is 0 Å². The van der Waals surface area contributed by atoms with Crippen LogP contribution in [-0.2, 0) is 4.79 Å². The van der Waals surface area contributed by atoms with E-state index in [1.165, 1.54) is 15.9 Å². The van der Waals surface area contributed by atoms with Crippen molar-refractivity contribution in [3.05, 3.63) is 119 Å². The van der Waals surface area contributed by atoms with Gasteiger partial charge in [0.25, 0.3) is 11.5 Å². The number of nitrogens with one attached hydrogen (secondary N) is 1. The number of thiazole rings is 1. The van der Waals surface area contributed by atoms with E-state index >= 15 is 0 Å². The third kappa shape index (κ3) is 4.29. The molecule has 4 aromatic rings. The molecule has 35 heavy (non-hydrogen) atoms. The Balaban J connectivity index is 1.68. The summed E-state index contributed by atoms with van der Waals surface area (Å²) >= 11 is 7.58. The maximum atomic E-state index is 13.7. The molecule has 1 unspecified atom stereocenters. The fraction of sp³-hybridized carbons (Fsp3) is 0.148. The highest BCUT2D eigenvalue weighted by molar-refractivity contribution is 7.07. The van der Waals surface area contributed by atoms with Crippen molar-refractivity contribution in [2.24, 2.45) is 4.99 Å². The molecule has 0 aliphatic carbocycles. The molecule has 1 aliphatic rings. The van der Waals surface area contributed by atoms with Crippen molar-refractivity contribution in [3.8, 4) is 0 Å². The number of nitrogens with zero attached hydrogens (tertiary/aromatic N) is 2. The number of allylic oxidation sites excluding steroid dienone is 1. The maximum absolute atomic E-state index is 13.7. The van der Waals surface area contributed by atoms with Gasteiger partial charge in [-0.3, -0.25) is 14.2 Å². The summed E-state index contributed by atoms with van der Waals surface area (Å²) in [5.41, 5.74) is 2.99. The zero-order valence-corrected chi connectivity index (χ0v) is 20.9. The first-order valence-corrected chi connectivity index (χ1v) is 12.2. The van der Waals surface area contributed by atoms with E-state index in [-0.39, 0.29) is 11.5 Å². The van der Waals surface area contributed by atoms with Gasteiger partial charge in [0, 0.05) is 10.7 Å². The van der Waals surface area contributed by atoms with Crippen molar-refractivity contribution in [3.63, 3.8) is 0 Å². The highest BCUT2D eigenvalue weighted by atomic mass is 35.5. The van der Waals surface area contributed by atoms with Crippen LogP contribution in [0.15, 0.2) is 86.1 Å². The fourth-order valence-corrected chi connectivity index (χ4v) is 5.35. The minimum Gasteiger partial charge on any atom is -0.464 e. The molecule has 0 fully saturated rings.